The number of nitrogen functional groups attached to an aromatic ring is 1. The van der Waals surface area contributed by atoms with Crippen LogP contribution in [0.4, 0.5) is 5.69 Å². The fourth-order valence-corrected chi connectivity index (χ4v) is 2.31. The van der Waals surface area contributed by atoms with Gasteiger partial charge in [0.15, 0.2) is 0 Å². The molecule has 4 N–H and O–H groups in total. The molecule has 0 radical (unpaired) electrons. The summed E-state index contributed by atoms with van der Waals surface area (Å²) in [5.41, 5.74) is 8.58. The van der Waals surface area contributed by atoms with Crippen molar-refractivity contribution in [2.75, 3.05) is 5.73 Å². The van der Waals surface area contributed by atoms with Crippen molar-refractivity contribution in [2.24, 2.45) is 0 Å². The molecule has 0 fully saturated rings. The second-order valence-electron chi connectivity index (χ2n) is 3.92. The number of imidazole rings is 1. The number of anilines is 1. The van der Waals surface area contributed by atoms with Crippen LogP contribution in [0.1, 0.15) is 0 Å². The summed E-state index contributed by atoms with van der Waals surface area (Å²) in [4.78, 5) is 21.4. The molecule has 0 amide bonds. The summed E-state index contributed by atoms with van der Waals surface area (Å²) in [6, 6.07) is 6.97. The van der Waals surface area contributed by atoms with E-state index >= 15 is 0 Å². The van der Waals surface area contributed by atoms with Gasteiger partial charge in [0.25, 0.3) is 0 Å². The predicted octanol–water partition coefficient (Wildman–Crippen LogP) is 2.26. The SMILES string of the molecule is Nc1cc(Br)cc2[nH]c(-c3cc[nH]c(=O)c3)nc12. The average Bonchev–Trinajstić information content (AvgIpc) is 2.73. The molecule has 18 heavy (non-hydrogen) atoms. The molecule has 5 nitrogen and oxygen atoms in total. The standard InChI is InChI=1S/C12H9BrN4O/c13-7-4-8(14)11-9(5-7)16-12(17-11)6-1-2-15-10(18)3-6/h1-5H,14H2,(H,15,18)(H,16,17). The van der Waals surface area contributed by atoms with Crippen molar-refractivity contribution in [3.05, 3.63) is 45.3 Å². The van der Waals surface area contributed by atoms with E-state index in [-0.39, 0.29) is 5.56 Å². The van der Waals surface area contributed by atoms with Gasteiger partial charge in [0.2, 0.25) is 5.56 Å². The number of hydrogen-bond acceptors (Lipinski definition) is 3. The number of aromatic nitrogens is 3. The largest absolute Gasteiger partial charge is 0.397 e. The topological polar surface area (TPSA) is 87.6 Å². The van der Waals surface area contributed by atoms with Gasteiger partial charge >= 0.3 is 0 Å². The van der Waals surface area contributed by atoms with Crippen LogP contribution in [0.5, 0.6) is 0 Å². The van der Waals surface area contributed by atoms with Crippen LogP contribution in [0, 0.1) is 0 Å². The summed E-state index contributed by atoms with van der Waals surface area (Å²) >= 11 is 3.38. The summed E-state index contributed by atoms with van der Waals surface area (Å²) in [5.74, 6) is 0.626. The number of hydrogen-bond donors (Lipinski definition) is 3. The number of H-pyrrole nitrogens is 2. The highest BCUT2D eigenvalue weighted by Crippen LogP contribution is 2.27. The van der Waals surface area contributed by atoms with E-state index in [0.29, 0.717) is 17.0 Å². The lowest BCUT2D eigenvalue weighted by molar-refractivity contribution is 1.22. The molecule has 2 aromatic heterocycles. The summed E-state index contributed by atoms with van der Waals surface area (Å²) in [6.45, 7) is 0. The molecule has 0 spiro atoms. The molecule has 0 saturated carbocycles. The van der Waals surface area contributed by atoms with Crippen LogP contribution in [-0.4, -0.2) is 15.0 Å². The lowest BCUT2D eigenvalue weighted by atomic mass is 10.2. The summed E-state index contributed by atoms with van der Waals surface area (Å²) < 4.78 is 0.883. The molecule has 0 unspecified atom stereocenters. The van der Waals surface area contributed by atoms with Crippen molar-refractivity contribution in [1.82, 2.24) is 15.0 Å². The fraction of sp³-hybridized carbons (Fsp3) is 0. The molecule has 90 valence electrons. The van der Waals surface area contributed by atoms with Crippen LogP contribution >= 0.6 is 15.9 Å². The molecule has 0 bridgehead atoms. The third-order valence-corrected chi connectivity index (χ3v) is 3.09. The monoisotopic (exact) mass is 304 g/mol. The number of rotatable bonds is 1. The van der Waals surface area contributed by atoms with E-state index in [0.717, 1.165) is 15.6 Å². The van der Waals surface area contributed by atoms with Crippen molar-refractivity contribution in [1.29, 1.82) is 0 Å². The molecule has 0 aliphatic rings. The number of pyridine rings is 1. The number of nitrogens with zero attached hydrogens (tertiary/aromatic N) is 1. The van der Waals surface area contributed by atoms with Gasteiger partial charge in [0.05, 0.1) is 11.2 Å². The van der Waals surface area contributed by atoms with Crippen molar-refractivity contribution in [3.63, 3.8) is 0 Å². The quantitative estimate of drug-likeness (QED) is 0.603. The van der Waals surface area contributed by atoms with E-state index in [9.17, 15) is 4.79 Å². The minimum absolute atomic E-state index is 0.165. The minimum atomic E-state index is -0.165. The van der Waals surface area contributed by atoms with Gasteiger partial charge < -0.3 is 15.7 Å². The van der Waals surface area contributed by atoms with Crippen molar-refractivity contribution >= 4 is 32.7 Å². The summed E-state index contributed by atoms with van der Waals surface area (Å²) in [7, 11) is 0. The Morgan fingerprint density at radius 3 is 2.89 bits per heavy atom. The van der Waals surface area contributed by atoms with Gasteiger partial charge in [-0.15, -0.1) is 0 Å². The average molecular weight is 305 g/mol. The number of nitrogens with one attached hydrogen (secondary N) is 2. The van der Waals surface area contributed by atoms with E-state index in [1.165, 1.54) is 6.07 Å². The number of halogens is 1. The Labute approximate surface area is 110 Å². The van der Waals surface area contributed by atoms with Crippen LogP contribution < -0.4 is 11.3 Å². The number of aromatic amines is 2. The van der Waals surface area contributed by atoms with Gasteiger partial charge in [0, 0.05) is 22.3 Å². The first-order chi connectivity index (χ1) is 8.63. The maximum absolute atomic E-state index is 11.3. The van der Waals surface area contributed by atoms with E-state index in [2.05, 4.69) is 30.9 Å². The second-order valence-corrected chi connectivity index (χ2v) is 4.83. The molecule has 6 heteroatoms. The molecular formula is C12H9BrN4O. The highest BCUT2D eigenvalue weighted by atomic mass is 79.9. The van der Waals surface area contributed by atoms with Crippen molar-refractivity contribution < 1.29 is 0 Å². The number of benzene rings is 1. The molecular weight excluding hydrogens is 296 g/mol. The third kappa shape index (κ3) is 1.80. The Morgan fingerprint density at radius 1 is 1.28 bits per heavy atom. The predicted molar refractivity (Wildman–Crippen MR) is 74.3 cm³/mol. The zero-order valence-corrected chi connectivity index (χ0v) is 10.8. The second kappa shape index (κ2) is 3.99. The Kier molecular flexibility index (Phi) is 2.45. The van der Waals surface area contributed by atoms with Gasteiger partial charge in [-0.3, -0.25) is 4.79 Å². The van der Waals surface area contributed by atoms with Gasteiger partial charge in [-0.25, -0.2) is 4.98 Å². The molecule has 0 saturated heterocycles. The molecule has 3 aromatic rings. The lowest BCUT2D eigenvalue weighted by Gasteiger charge is -1.94. The Balaban J connectivity index is 2.25. The smallest absolute Gasteiger partial charge is 0.248 e. The maximum atomic E-state index is 11.3. The zero-order chi connectivity index (χ0) is 12.7. The summed E-state index contributed by atoms with van der Waals surface area (Å²) in [6.07, 6.45) is 1.59. The van der Waals surface area contributed by atoms with E-state index < -0.39 is 0 Å². The van der Waals surface area contributed by atoms with Crippen molar-refractivity contribution in [2.45, 2.75) is 0 Å². The van der Waals surface area contributed by atoms with Crippen LogP contribution in [-0.2, 0) is 0 Å². The third-order valence-electron chi connectivity index (χ3n) is 2.63. The van der Waals surface area contributed by atoms with Crippen LogP contribution in [0.2, 0.25) is 0 Å². The van der Waals surface area contributed by atoms with Crippen LogP contribution in [0.25, 0.3) is 22.4 Å². The minimum Gasteiger partial charge on any atom is -0.397 e. The van der Waals surface area contributed by atoms with E-state index in [1.54, 1.807) is 18.3 Å². The van der Waals surface area contributed by atoms with E-state index in [4.69, 9.17) is 5.73 Å². The van der Waals surface area contributed by atoms with Gasteiger partial charge in [-0.05, 0) is 18.2 Å². The molecule has 3 rings (SSSR count). The first kappa shape index (κ1) is 11.0. The van der Waals surface area contributed by atoms with E-state index in [1.807, 2.05) is 6.07 Å². The molecule has 2 heterocycles. The normalized spacial score (nSPS) is 10.9. The molecule has 1 aromatic carbocycles. The Hall–Kier alpha value is -2.08. The van der Waals surface area contributed by atoms with Gasteiger partial charge in [-0.1, -0.05) is 15.9 Å². The maximum Gasteiger partial charge on any atom is 0.248 e. The Bertz CT molecular complexity index is 790. The fourth-order valence-electron chi connectivity index (χ4n) is 1.84. The van der Waals surface area contributed by atoms with Crippen LogP contribution in [0.3, 0.4) is 0 Å². The summed E-state index contributed by atoms with van der Waals surface area (Å²) in [5, 5.41) is 0. The van der Waals surface area contributed by atoms with Crippen LogP contribution in [0.15, 0.2) is 39.7 Å². The Morgan fingerprint density at radius 2 is 2.11 bits per heavy atom. The highest BCUT2D eigenvalue weighted by Gasteiger charge is 2.08. The lowest BCUT2D eigenvalue weighted by Crippen LogP contribution is -2.02. The first-order valence-corrected chi connectivity index (χ1v) is 6.06. The highest BCUT2D eigenvalue weighted by molar-refractivity contribution is 9.10. The molecule has 0 aliphatic heterocycles. The van der Waals surface area contributed by atoms with Crippen molar-refractivity contribution in [3.8, 4) is 11.4 Å². The number of nitrogens with two attached hydrogens (primary N) is 1. The zero-order valence-electron chi connectivity index (χ0n) is 9.20. The first-order valence-electron chi connectivity index (χ1n) is 5.27. The number of fused-ring (bicyclic) bond motifs is 1. The molecule has 0 atom stereocenters. The molecule has 0 aliphatic carbocycles. The van der Waals surface area contributed by atoms with Gasteiger partial charge in [-0.2, -0.15) is 0 Å². The van der Waals surface area contributed by atoms with Gasteiger partial charge in [0.1, 0.15) is 11.3 Å².